The third-order valence-corrected chi connectivity index (χ3v) is 5.06. The summed E-state index contributed by atoms with van der Waals surface area (Å²) in [5.74, 6) is 0.496. The van der Waals surface area contributed by atoms with Gasteiger partial charge >= 0.3 is 0 Å². The normalized spacial score (nSPS) is 10.9. The number of nitrogens with zero attached hydrogens (tertiary/aromatic N) is 3. The number of amides is 1. The van der Waals surface area contributed by atoms with Gasteiger partial charge in [-0.2, -0.15) is 0 Å². The summed E-state index contributed by atoms with van der Waals surface area (Å²) in [7, 11) is 0. The van der Waals surface area contributed by atoms with E-state index in [2.05, 4.69) is 14.9 Å². The monoisotopic (exact) mass is 384 g/mol. The van der Waals surface area contributed by atoms with Crippen molar-refractivity contribution >= 4 is 34.4 Å². The molecule has 0 atom stereocenters. The van der Waals surface area contributed by atoms with E-state index in [1.807, 2.05) is 37.4 Å². The van der Waals surface area contributed by atoms with Gasteiger partial charge in [0.25, 0.3) is 11.6 Å². The molecule has 1 aromatic heterocycles. The van der Waals surface area contributed by atoms with E-state index < -0.39 is 10.8 Å². The zero-order valence-corrected chi connectivity index (χ0v) is 16.0. The van der Waals surface area contributed by atoms with E-state index in [4.69, 9.17) is 0 Å². The predicted molar refractivity (Wildman–Crippen MR) is 106 cm³/mol. The van der Waals surface area contributed by atoms with Gasteiger partial charge < -0.3 is 9.88 Å². The van der Waals surface area contributed by atoms with Crippen LogP contribution < -0.4 is 5.32 Å². The van der Waals surface area contributed by atoms with E-state index in [1.54, 1.807) is 12.1 Å². The van der Waals surface area contributed by atoms with Gasteiger partial charge in [-0.25, -0.2) is 4.98 Å². The van der Waals surface area contributed by atoms with E-state index in [0.29, 0.717) is 19.5 Å². The maximum Gasteiger partial charge on any atom is 0.282 e. The molecule has 2 aromatic carbocycles. The second kappa shape index (κ2) is 8.22. The Hall–Kier alpha value is -2.87. The average Bonchev–Trinajstić information content (AvgIpc) is 2.99. The molecule has 27 heavy (non-hydrogen) atoms. The molecular formula is C19H20N4O3S. The van der Waals surface area contributed by atoms with E-state index in [-0.39, 0.29) is 11.3 Å². The molecule has 0 spiro atoms. The fourth-order valence-corrected chi connectivity index (χ4v) is 3.44. The van der Waals surface area contributed by atoms with Crippen molar-refractivity contribution in [3.63, 3.8) is 0 Å². The number of thioether (sulfide) groups is 1. The van der Waals surface area contributed by atoms with Gasteiger partial charge in [0.2, 0.25) is 0 Å². The first-order valence-electron chi connectivity index (χ1n) is 8.53. The summed E-state index contributed by atoms with van der Waals surface area (Å²) >= 11 is 1.44. The third-order valence-electron chi connectivity index (χ3n) is 4.33. The number of benzene rings is 2. The van der Waals surface area contributed by atoms with Crippen LogP contribution in [0.4, 0.5) is 5.69 Å². The van der Waals surface area contributed by atoms with Crippen LogP contribution in [0.5, 0.6) is 0 Å². The number of aryl methyl sites for hydroxylation is 2. The van der Waals surface area contributed by atoms with E-state index in [9.17, 15) is 14.9 Å². The number of carbonyl (C=O) groups is 1. The SMILES string of the molecule is CSc1ccc([N+](=O)[O-])c(C(=O)NCCCn2c(C)nc3ccccc32)c1. The molecule has 0 aliphatic heterocycles. The molecule has 0 saturated carbocycles. The topological polar surface area (TPSA) is 90.1 Å². The van der Waals surface area contributed by atoms with Crippen LogP contribution in [-0.4, -0.2) is 33.2 Å². The summed E-state index contributed by atoms with van der Waals surface area (Å²) in [5, 5.41) is 14.0. The number of aromatic nitrogens is 2. The second-order valence-corrected chi connectivity index (χ2v) is 6.93. The van der Waals surface area contributed by atoms with Crippen molar-refractivity contribution in [2.75, 3.05) is 12.8 Å². The summed E-state index contributed by atoms with van der Waals surface area (Å²) in [4.78, 5) is 28.4. The van der Waals surface area contributed by atoms with Crippen LogP contribution in [0, 0.1) is 17.0 Å². The first kappa shape index (κ1) is 18.9. The highest BCUT2D eigenvalue weighted by Gasteiger charge is 2.20. The summed E-state index contributed by atoms with van der Waals surface area (Å²) in [6, 6.07) is 12.5. The molecule has 0 aliphatic carbocycles. The number of fused-ring (bicyclic) bond motifs is 1. The summed E-state index contributed by atoms with van der Waals surface area (Å²) < 4.78 is 2.11. The highest BCUT2D eigenvalue weighted by atomic mass is 32.2. The smallest absolute Gasteiger partial charge is 0.282 e. The van der Waals surface area contributed by atoms with Crippen molar-refractivity contribution in [3.05, 3.63) is 64.0 Å². The molecule has 3 rings (SSSR count). The number of nitro groups is 1. The van der Waals surface area contributed by atoms with Crippen molar-refractivity contribution in [3.8, 4) is 0 Å². The number of nitrogens with one attached hydrogen (secondary N) is 1. The van der Waals surface area contributed by atoms with Crippen molar-refractivity contribution in [2.24, 2.45) is 0 Å². The minimum absolute atomic E-state index is 0.0936. The molecule has 0 unspecified atom stereocenters. The molecule has 140 valence electrons. The molecule has 0 bridgehead atoms. The predicted octanol–water partition coefficient (Wildman–Crippen LogP) is 3.79. The van der Waals surface area contributed by atoms with Crippen molar-refractivity contribution in [2.45, 2.75) is 24.8 Å². The molecule has 0 aliphatic rings. The molecule has 0 saturated heterocycles. The summed E-state index contributed by atoms with van der Waals surface area (Å²) in [6.45, 7) is 3.08. The number of hydrogen-bond acceptors (Lipinski definition) is 5. The third kappa shape index (κ3) is 4.11. The molecule has 0 radical (unpaired) electrons. The van der Waals surface area contributed by atoms with Crippen LogP contribution >= 0.6 is 11.8 Å². The molecule has 0 fully saturated rings. The number of hydrogen-bond donors (Lipinski definition) is 1. The van der Waals surface area contributed by atoms with Crippen LogP contribution in [0.3, 0.4) is 0 Å². The van der Waals surface area contributed by atoms with E-state index in [1.165, 1.54) is 17.8 Å². The maximum atomic E-state index is 12.4. The highest BCUT2D eigenvalue weighted by Crippen LogP contribution is 2.24. The molecule has 1 N–H and O–H groups in total. The number of rotatable bonds is 7. The lowest BCUT2D eigenvalue weighted by Gasteiger charge is -2.09. The summed E-state index contributed by atoms with van der Waals surface area (Å²) in [5.41, 5.74) is 1.92. The number of carbonyl (C=O) groups excluding carboxylic acids is 1. The van der Waals surface area contributed by atoms with Gasteiger partial charge in [-0.15, -0.1) is 11.8 Å². The van der Waals surface area contributed by atoms with Gasteiger partial charge in [0, 0.05) is 24.1 Å². The Kier molecular flexibility index (Phi) is 5.75. The quantitative estimate of drug-likeness (QED) is 0.290. The minimum Gasteiger partial charge on any atom is -0.352 e. The lowest BCUT2D eigenvalue weighted by molar-refractivity contribution is -0.385. The minimum atomic E-state index is -0.528. The second-order valence-electron chi connectivity index (χ2n) is 6.05. The van der Waals surface area contributed by atoms with E-state index in [0.717, 1.165) is 21.8 Å². The van der Waals surface area contributed by atoms with Gasteiger partial charge in [-0.05, 0) is 43.9 Å². The standard InChI is InChI=1S/C19H20N4O3S/c1-13-21-16-6-3-4-7-18(16)22(13)11-5-10-20-19(24)15-12-14(27-2)8-9-17(15)23(25)26/h3-4,6-9,12H,5,10-11H2,1-2H3,(H,20,24). The Balaban J connectivity index is 1.65. The molecule has 3 aromatic rings. The Bertz CT molecular complexity index is 1000. The van der Waals surface area contributed by atoms with Gasteiger partial charge in [0.1, 0.15) is 11.4 Å². The van der Waals surface area contributed by atoms with Gasteiger partial charge in [0.05, 0.1) is 16.0 Å². The molecular weight excluding hydrogens is 364 g/mol. The molecule has 1 heterocycles. The average molecular weight is 384 g/mol. The first-order chi connectivity index (χ1) is 13.0. The lowest BCUT2D eigenvalue weighted by Crippen LogP contribution is -2.26. The van der Waals surface area contributed by atoms with Crippen LogP contribution in [0.2, 0.25) is 0 Å². The Morgan fingerprint density at radius 1 is 1.30 bits per heavy atom. The fraction of sp³-hybridized carbons (Fsp3) is 0.263. The van der Waals surface area contributed by atoms with Crippen molar-refractivity contribution < 1.29 is 9.72 Å². The molecule has 7 nitrogen and oxygen atoms in total. The Labute approximate surface area is 160 Å². The van der Waals surface area contributed by atoms with Crippen molar-refractivity contribution in [1.82, 2.24) is 14.9 Å². The zero-order valence-electron chi connectivity index (χ0n) is 15.1. The van der Waals surface area contributed by atoms with Crippen LogP contribution in [0.15, 0.2) is 47.4 Å². The fourth-order valence-electron chi connectivity index (χ4n) is 3.00. The number of nitro benzene ring substituents is 1. The summed E-state index contributed by atoms with van der Waals surface area (Å²) in [6.07, 6.45) is 2.56. The van der Waals surface area contributed by atoms with Gasteiger partial charge in [-0.3, -0.25) is 14.9 Å². The van der Waals surface area contributed by atoms with Gasteiger partial charge in [-0.1, -0.05) is 12.1 Å². The van der Waals surface area contributed by atoms with Crippen LogP contribution in [-0.2, 0) is 6.54 Å². The first-order valence-corrected chi connectivity index (χ1v) is 9.76. The van der Waals surface area contributed by atoms with Crippen molar-refractivity contribution in [1.29, 1.82) is 0 Å². The lowest BCUT2D eigenvalue weighted by atomic mass is 10.1. The molecule has 1 amide bonds. The number of imidazole rings is 1. The largest absolute Gasteiger partial charge is 0.352 e. The zero-order chi connectivity index (χ0) is 19.4. The molecule has 8 heteroatoms. The van der Waals surface area contributed by atoms with Gasteiger partial charge in [0.15, 0.2) is 0 Å². The Morgan fingerprint density at radius 3 is 2.81 bits per heavy atom. The van der Waals surface area contributed by atoms with Crippen LogP contribution in [0.1, 0.15) is 22.6 Å². The van der Waals surface area contributed by atoms with E-state index >= 15 is 0 Å². The highest BCUT2D eigenvalue weighted by molar-refractivity contribution is 7.98. The van der Waals surface area contributed by atoms with Crippen LogP contribution in [0.25, 0.3) is 11.0 Å². The maximum absolute atomic E-state index is 12.4. The Morgan fingerprint density at radius 2 is 2.07 bits per heavy atom. The number of para-hydroxylation sites is 2.